The summed E-state index contributed by atoms with van der Waals surface area (Å²) in [4.78, 5) is 16.9. The predicted octanol–water partition coefficient (Wildman–Crippen LogP) is 4.78. The highest BCUT2D eigenvalue weighted by molar-refractivity contribution is 5.92. The highest BCUT2D eigenvalue weighted by atomic mass is 19.1. The van der Waals surface area contributed by atoms with E-state index < -0.39 is 6.04 Å². The average Bonchev–Trinajstić information content (AvgIpc) is 3.09. The number of halogens is 1. The van der Waals surface area contributed by atoms with Crippen molar-refractivity contribution in [1.29, 1.82) is 0 Å². The van der Waals surface area contributed by atoms with Crippen LogP contribution in [0.3, 0.4) is 0 Å². The van der Waals surface area contributed by atoms with Gasteiger partial charge >= 0.3 is 0 Å². The molecule has 0 unspecified atom stereocenters. The summed E-state index contributed by atoms with van der Waals surface area (Å²) in [6, 6.07) is 13.8. The van der Waals surface area contributed by atoms with Gasteiger partial charge in [-0.15, -0.1) is 0 Å². The molecule has 0 aliphatic rings. The van der Waals surface area contributed by atoms with Crippen LogP contribution in [0.15, 0.2) is 67.0 Å². The van der Waals surface area contributed by atoms with Gasteiger partial charge in [0.15, 0.2) is 0 Å². The summed E-state index contributed by atoms with van der Waals surface area (Å²) in [5.41, 5.74) is 2.89. The van der Waals surface area contributed by atoms with Crippen molar-refractivity contribution >= 4 is 12.0 Å². The quantitative estimate of drug-likeness (QED) is 0.637. The monoisotopic (exact) mass is 391 g/mol. The maximum atomic E-state index is 13.7. The Hall–Kier alpha value is -3.21. The van der Waals surface area contributed by atoms with Crippen LogP contribution in [-0.2, 0) is 17.3 Å². The number of nitrogens with zero attached hydrogens (tertiary/aromatic N) is 2. The van der Waals surface area contributed by atoms with Crippen LogP contribution < -0.4 is 5.32 Å². The second-order valence-electron chi connectivity index (χ2n) is 8.10. The van der Waals surface area contributed by atoms with Gasteiger partial charge in [0.2, 0.25) is 5.91 Å². The molecule has 0 radical (unpaired) electrons. The number of hydrogen-bond acceptors (Lipinski definition) is 2. The third-order valence-electron chi connectivity index (χ3n) is 4.79. The Labute approximate surface area is 171 Å². The van der Waals surface area contributed by atoms with Gasteiger partial charge in [0.05, 0.1) is 0 Å². The zero-order valence-electron chi connectivity index (χ0n) is 17.2. The van der Waals surface area contributed by atoms with Gasteiger partial charge in [-0.3, -0.25) is 4.79 Å². The number of rotatable bonds is 5. The third-order valence-corrected chi connectivity index (χ3v) is 4.79. The van der Waals surface area contributed by atoms with Gasteiger partial charge in [0, 0.05) is 25.5 Å². The van der Waals surface area contributed by atoms with E-state index in [0.717, 1.165) is 5.56 Å². The first kappa shape index (κ1) is 20.5. The minimum absolute atomic E-state index is 0.0832. The van der Waals surface area contributed by atoms with Crippen LogP contribution in [0.5, 0.6) is 0 Å². The highest BCUT2D eigenvalue weighted by Gasteiger charge is 2.20. The fourth-order valence-corrected chi connectivity index (χ4v) is 3.09. The van der Waals surface area contributed by atoms with Gasteiger partial charge in [0.1, 0.15) is 17.7 Å². The molecule has 2 aromatic carbocycles. The van der Waals surface area contributed by atoms with E-state index in [0.29, 0.717) is 11.4 Å². The Morgan fingerprint density at radius 3 is 2.48 bits per heavy atom. The number of nitrogens with one attached hydrogen (secondary N) is 1. The summed E-state index contributed by atoms with van der Waals surface area (Å²) in [6.45, 7) is 6.49. The zero-order valence-corrected chi connectivity index (χ0v) is 17.2. The van der Waals surface area contributed by atoms with Crippen molar-refractivity contribution in [2.24, 2.45) is 7.05 Å². The molecule has 1 amide bonds. The van der Waals surface area contributed by atoms with E-state index in [2.05, 4.69) is 43.2 Å². The van der Waals surface area contributed by atoms with Crippen LogP contribution >= 0.6 is 0 Å². The lowest BCUT2D eigenvalue weighted by Gasteiger charge is -2.19. The summed E-state index contributed by atoms with van der Waals surface area (Å²) < 4.78 is 15.5. The smallest absolute Gasteiger partial charge is 0.244 e. The Morgan fingerprint density at radius 1 is 1.17 bits per heavy atom. The van der Waals surface area contributed by atoms with E-state index in [1.54, 1.807) is 30.6 Å². The molecule has 0 saturated carbocycles. The lowest BCUT2D eigenvalue weighted by Crippen LogP contribution is -2.29. The minimum atomic E-state index is -0.550. The van der Waals surface area contributed by atoms with E-state index in [1.807, 2.05) is 23.7 Å². The SMILES string of the molecule is Cn1ccnc1[C@H](NC(=O)/C=C\c1ccc(C(C)(C)C)cc1)c1cccc(F)c1. The minimum Gasteiger partial charge on any atom is -0.339 e. The lowest BCUT2D eigenvalue weighted by atomic mass is 9.87. The molecule has 1 aromatic heterocycles. The average molecular weight is 391 g/mol. The molecule has 1 atom stereocenters. The number of aromatic nitrogens is 2. The molecule has 0 fully saturated rings. The number of aryl methyl sites for hydroxylation is 1. The molecule has 150 valence electrons. The largest absolute Gasteiger partial charge is 0.339 e. The summed E-state index contributed by atoms with van der Waals surface area (Å²) in [5.74, 6) is -0.000484. The van der Waals surface area contributed by atoms with Crippen LogP contribution in [0, 0.1) is 5.82 Å². The van der Waals surface area contributed by atoms with Gasteiger partial charge in [0.25, 0.3) is 0 Å². The van der Waals surface area contributed by atoms with Crippen LogP contribution in [0.25, 0.3) is 6.08 Å². The van der Waals surface area contributed by atoms with Crippen LogP contribution in [0.1, 0.15) is 49.3 Å². The zero-order chi connectivity index (χ0) is 21.0. The fraction of sp³-hybridized carbons (Fsp3) is 0.250. The number of hydrogen-bond donors (Lipinski definition) is 1. The Balaban J connectivity index is 1.78. The second-order valence-corrected chi connectivity index (χ2v) is 8.10. The van der Waals surface area contributed by atoms with E-state index in [1.165, 1.54) is 23.8 Å². The summed E-state index contributed by atoms with van der Waals surface area (Å²) in [6.07, 6.45) is 6.70. The van der Waals surface area contributed by atoms with Crippen molar-refractivity contribution < 1.29 is 9.18 Å². The second kappa shape index (κ2) is 8.43. The fourth-order valence-electron chi connectivity index (χ4n) is 3.09. The first-order valence-electron chi connectivity index (χ1n) is 9.56. The van der Waals surface area contributed by atoms with Crippen molar-refractivity contribution in [2.45, 2.75) is 32.2 Å². The summed E-state index contributed by atoms with van der Waals surface area (Å²) in [7, 11) is 1.84. The van der Waals surface area contributed by atoms with Crippen molar-refractivity contribution in [3.63, 3.8) is 0 Å². The molecule has 5 heteroatoms. The van der Waals surface area contributed by atoms with E-state index in [-0.39, 0.29) is 17.1 Å². The highest BCUT2D eigenvalue weighted by Crippen LogP contribution is 2.23. The van der Waals surface area contributed by atoms with Gasteiger partial charge in [-0.05, 0) is 40.3 Å². The normalized spacial score (nSPS) is 12.9. The molecule has 3 aromatic rings. The van der Waals surface area contributed by atoms with Crippen molar-refractivity contribution in [1.82, 2.24) is 14.9 Å². The van der Waals surface area contributed by atoms with Crippen molar-refractivity contribution in [3.8, 4) is 0 Å². The molecule has 1 N–H and O–H groups in total. The summed E-state index contributed by atoms with van der Waals surface area (Å²) in [5, 5.41) is 2.93. The number of imidazole rings is 1. The van der Waals surface area contributed by atoms with Gasteiger partial charge in [-0.2, -0.15) is 0 Å². The maximum Gasteiger partial charge on any atom is 0.244 e. The van der Waals surface area contributed by atoms with Gasteiger partial charge < -0.3 is 9.88 Å². The lowest BCUT2D eigenvalue weighted by molar-refractivity contribution is -0.117. The first-order valence-corrected chi connectivity index (χ1v) is 9.56. The van der Waals surface area contributed by atoms with E-state index >= 15 is 0 Å². The van der Waals surface area contributed by atoms with Crippen molar-refractivity contribution in [3.05, 3.63) is 95.3 Å². The topological polar surface area (TPSA) is 46.9 Å². The molecule has 0 aliphatic heterocycles. The molecule has 0 aliphatic carbocycles. The molecular formula is C24H26FN3O. The molecular weight excluding hydrogens is 365 g/mol. The third kappa shape index (κ3) is 5.19. The maximum absolute atomic E-state index is 13.7. The van der Waals surface area contributed by atoms with E-state index in [9.17, 15) is 9.18 Å². The van der Waals surface area contributed by atoms with E-state index in [4.69, 9.17) is 0 Å². The standard InChI is InChI=1S/C24H26FN3O/c1-24(2,3)19-11-8-17(9-12-19)10-13-21(29)27-22(23-26-14-15-28(23)4)18-6-5-7-20(25)16-18/h5-16,22H,1-4H3,(H,27,29)/b13-10-/t22-/m1/s1. The molecule has 1 heterocycles. The number of carbonyl (C=O) groups excluding carboxylic acids is 1. The predicted molar refractivity (Wildman–Crippen MR) is 114 cm³/mol. The van der Waals surface area contributed by atoms with Crippen LogP contribution in [0.2, 0.25) is 0 Å². The Bertz CT molecular complexity index is 1010. The number of amides is 1. The number of carbonyl (C=O) groups is 1. The molecule has 0 saturated heterocycles. The number of benzene rings is 2. The van der Waals surface area contributed by atoms with Crippen molar-refractivity contribution in [2.75, 3.05) is 0 Å². The molecule has 0 spiro atoms. The Morgan fingerprint density at radius 2 is 1.90 bits per heavy atom. The van der Waals surface area contributed by atoms with Crippen LogP contribution in [-0.4, -0.2) is 15.5 Å². The molecule has 4 nitrogen and oxygen atoms in total. The molecule has 29 heavy (non-hydrogen) atoms. The molecule has 0 bridgehead atoms. The Kier molecular flexibility index (Phi) is 5.97. The first-order chi connectivity index (χ1) is 13.7. The molecule has 3 rings (SSSR count). The van der Waals surface area contributed by atoms with Gasteiger partial charge in [-0.1, -0.05) is 57.2 Å². The van der Waals surface area contributed by atoms with Gasteiger partial charge in [-0.25, -0.2) is 9.37 Å². The van der Waals surface area contributed by atoms with Crippen LogP contribution in [0.4, 0.5) is 4.39 Å². The summed E-state index contributed by atoms with van der Waals surface area (Å²) >= 11 is 0.